The molecule has 0 aliphatic heterocycles. The van der Waals surface area contributed by atoms with Gasteiger partial charge >= 0.3 is 0 Å². The molecular weight excluding hydrogens is 412 g/mol. The highest BCUT2D eigenvalue weighted by Gasteiger charge is 2.20. The highest BCUT2D eigenvalue weighted by Crippen LogP contribution is 2.30. The maximum Gasteiger partial charge on any atom is 0.272 e. The Morgan fingerprint density at radius 1 is 0.970 bits per heavy atom. The number of fused-ring (bicyclic) bond motifs is 1. The standard InChI is InChI=1S/C27H32N4O2/c1-3-31(2)24-16-15-22(20-12-7-8-13-21(20)24)26(32)30-23-14-9-17-28-25(23)27(33)29-18-19-10-5-4-6-11-19/h7-9,12-17,19H,3-6,10-11,18H2,1-2H3,(H,29,33)(H,30,32). The van der Waals surface area contributed by atoms with Crippen molar-refractivity contribution >= 4 is 34.0 Å². The van der Waals surface area contributed by atoms with Gasteiger partial charge in [0.25, 0.3) is 11.8 Å². The summed E-state index contributed by atoms with van der Waals surface area (Å²) < 4.78 is 0. The summed E-state index contributed by atoms with van der Waals surface area (Å²) in [7, 11) is 2.04. The smallest absolute Gasteiger partial charge is 0.272 e. The molecule has 2 N–H and O–H groups in total. The summed E-state index contributed by atoms with van der Waals surface area (Å²) in [6, 6.07) is 15.2. The molecule has 4 rings (SSSR count). The van der Waals surface area contributed by atoms with Gasteiger partial charge in [0.2, 0.25) is 0 Å². The van der Waals surface area contributed by atoms with Crippen LogP contribution in [0.2, 0.25) is 0 Å². The fourth-order valence-corrected chi connectivity index (χ4v) is 4.57. The van der Waals surface area contributed by atoms with Crippen molar-refractivity contribution < 1.29 is 9.59 Å². The van der Waals surface area contributed by atoms with Crippen molar-refractivity contribution in [2.45, 2.75) is 39.0 Å². The van der Waals surface area contributed by atoms with E-state index in [-0.39, 0.29) is 17.5 Å². The fourth-order valence-electron chi connectivity index (χ4n) is 4.57. The maximum atomic E-state index is 13.3. The van der Waals surface area contributed by atoms with Gasteiger partial charge < -0.3 is 15.5 Å². The highest BCUT2D eigenvalue weighted by molar-refractivity contribution is 6.16. The molecule has 1 aliphatic carbocycles. The molecule has 2 aromatic carbocycles. The van der Waals surface area contributed by atoms with Gasteiger partial charge in [0.05, 0.1) is 5.69 Å². The second-order valence-corrected chi connectivity index (χ2v) is 8.76. The Kier molecular flexibility index (Phi) is 7.23. The summed E-state index contributed by atoms with van der Waals surface area (Å²) in [5.74, 6) is 0.0167. The van der Waals surface area contributed by atoms with Gasteiger partial charge in [-0.3, -0.25) is 9.59 Å². The quantitative estimate of drug-likeness (QED) is 0.522. The van der Waals surface area contributed by atoms with E-state index >= 15 is 0 Å². The molecule has 1 aromatic heterocycles. The number of hydrogen-bond acceptors (Lipinski definition) is 4. The average molecular weight is 445 g/mol. The van der Waals surface area contributed by atoms with Gasteiger partial charge in [0.1, 0.15) is 0 Å². The monoisotopic (exact) mass is 444 g/mol. The van der Waals surface area contributed by atoms with Crippen LogP contribution in [0.25, 0.3) is 10.8 Å². The lowest BCUT2D eigenvalue weighted by atomic mass is 9.89. The minimum atomic E-state index is -0.258. The van der Waals surface area contributed by atoms with Crippen LogP contribution in [0.3, 0.4) is 0 Å². The summed E-state index contributed by atoms with van der Waals surface area (Å²) in [4.78, 5) is 32.6. The van der Waals surface area contributed by atoms with Gasteiger partial charge in [-0.15, -0.1) is 0 Å². The minimum Gasteiger partial charge on any atom is -0.374 e. The van der Waals surface area contributed by atoms with Crippen LogP contribution in [0.1, 0.15) is 59.9 Å². The van der Waals surface area contributed by atoms with Gasteiger partial charge in [0, 0.05) is 43.0 Å². The van der Waals surface area contributed by atoms with Crippen LogP contribution in [0.5, 0.6) is 0 Å². The van der Waals surface area contributed by atoms with E-state index in [4.69, 9.17) is 0 Å². The van der Waals surface area contributed by atoms with E-state index in [0.717, 1.165) is 35.8 Å². The zero-order chi connectivity index (χ0) is 23.2. The predicted molar refractivity (Wildman–Crippen MR) is 134 cm³/mol. The summed E-state index contributed by atoms with van der Waals surface area (Å²) in [5, 5.41) is 7.84. The minimum absolute atomic E-state index is 0.244. The molecule has 2 amide bonds. The van der Waals surface area contributed by atoms with Gasteiger partial charge in [-0.05, 0) is 55.3 Å². The molecule has 0 unspecified atom stereocenters. The van der Waals surface area contributed by atoms with Crippen LogP contribution >= 0.6 is 0 Å². The Morgan fingerprint density at radius 2 is 1.73 bits per heavy atom. The molecule has 6 heteroatoms. The fraction of sp³-hybridized carbons (Fsp3) is 0.370. The number of carbonyl (C=O) groups is 2. The van der Waals surface area contributed by atoms with Crippen LogP contribution in [0.15, 0.2) is 54.7 Å². The molecule has 0 radical (unpaired) electrons. The second-order valence-electron chi connectivity index (χ2n) is 8.76. The number of aromatic nitrogens is 1. The molecule has 0 saturated heterocycles. The van der Waals surface area contributed by atoms with Gasteiger partial charge in [0.15, 0.2) is 5.69 Å². The Hall–Kier alpha value is -3.41. The first-order valence-corrected chi connectivity index (χ1v) is 11.9. The van der Waals surface area contributed by atoms with Crippen molar-refractivity contribution in [3.05, 3.63) is 66.0 Å². The van der Waals surface area contributed by atoms with E-state index < -0.39 is 0 Å². The Bertz CT molecular complexity index is 1140. The largest absolute Gasteiger partial charge is 0.374 e. The number of hydrogen-bond donors (Lipinski definition) is 2. The van der Waals surface area contributed by atoms with Gasteiger partial charge in [-0.25, -0.2) is 4.98 Å². The third kappa shape index (κ3) is 5.16. The topological polar surface area (TPSA) is 74.3 Å². The first-order valence-electron chi connectivity index (χ1n) is 11.9. The van der Waals surface area contributed by atoms with Crippen molar-refractivity contribution in [1.29, 1.82) is 0 Å². The Balaban J connectivity index is 1.55. The number of rotatable bonds is 7. The van der Waals surface area contributed by atoms with Crippen molar-refractivity contribution in [2.75, 3.05) is 30.4 Å². The lowest BCUT2D eigenvalue weighted by Crippen LogP contribution is -2.31. The molecule has 172 valence electrons. The van der Waals surface area contributed by atoms with Crippen molar-refractivity contribution in [3.8, 4) is 0 Å². The number of nitrogens with one attached hydrogen (secondary N) is 2. The first kappa shape index (κ1) is 22.8. The number of anilines is 2. The van der Waals surface area contributed by atoms with Gasteiger partial charge in [-0.2, -0.15) is 0 Å². The van der Waals surface area contributed by atoms with E-state index in [9.17, 15) is 9.59 Å². The summed E-state index contributed by atoms with van der Waals surface area (Å²) in [5.41, 5.74) is 2.31. The molecule has 0 spiro atoms. The zero-order valence-electron chi connectivity index (χ0n) is 19.4. The molecule has 33 heavy (non-hydrogen) atoms. The number of amides is 2. The Morgan fingerprint density at radius 3 is 2.48 bits per heavy atom. The number of pyridine rings is 1. The summed E-state index contributed by atoms with van der Waals surface area (Å²) >= 11 is 0. The maximum absolute atomic E-state index is 13.3. The van der Waals surface area contributed by atoms with E-state index in [2.05, 4.69) is 27.4 Å². The highest BCUT2D eigenvalue weighted by atomic mass is 16.2. The third-order valence-electron chi connectivity index (χ3n) is 6.58. The van der Waals surface area contributed by atoms with E-state index in [0.29, 0.717) is 23.7 Å². The second kappa shape index (κ2) is 10.5. The molecule has 1 aliphatic rings. The van der Waals surface area contributed by atoms with Crippen LogP contribution in [-0.4, -0.2) is 36.9 Å². The zero-order valence-corrected chi connectivity index (χ0v) is 19.4. The molecule has 6 nitrogen and oxygen atoms in total. The van der Waals surface area contributed by atoms with E-state index in [1.807, 2.05) is 43.4 Å². The Labute approximate surface area is 195 Å². The normalized spacial score (nSPS) is 14.1. The summed E-state index contributed by atoms with van der Waals surface area (Å²) in [6.45, 7) is 3.61. The molecule has 0 atom stereocenters. The van der Waals surface area contributed by atoms with Crippen molar-refractivity contribution in [3.63, 3.8) is 0 Å². The average Bonchev–Trinajstić information content (AvgIpc) is 2.87. The van der Waals surface area contributed by atoms with E-state index in [1.54, 1.807) is 18.3 Å². The van der Waals surface area contributed by atoms with Crippen molar-refractivity contribution in [2.24, 2.45) is 5.92 Å². The number of benzene rings is 2. The van der Waals surface area contributed by atoms with Crippen LogP contribution < -0.4 is 15.5 Å². The van der Waals surface area contributed by atoms with Gasteiger partial charge in [-0.1, -0.05) is 43.5 Å². The van der Waals surface area contributed by atoms with E-state index in [1.165, 1.54) is 19.3 Å². The third-order valence-corrected chi connectivity index (χ3v) is 6.58. The molecule has 1 fully saturated rings. The number of nitrogens with zero attached hydrogens (tertiary/aromatic N) is 2. The first-order chi connectivity index (χ1) is 16.1. The SMILES string of the molecule is CCN(C)c1ccc(C(=O)Nc2cccnc2C(=O)NCC2CCCCC2)c2ccccc12. The lowest BCUT2D eigenvalue weighted by molar-refractivity contribution is 0.0939. The molecular formula is C27H32N4O2. The van der Waals surface area contributed by atoms with Crippen LogP contribution in [0.4, 0.5) is 11.4 Å². The molecule has 1 heterocycles. The molecule has 3 aromatic rings. The van der Waals surface area contributed by atoms with Crippen molar-refractivity contribution in [1.82, 2.24) is 10.3 Å². The molecule has 1 saturated carbocycles. The summed E-state index contributed by atoms with van der Waals surface area (Å²) in [6.07, 6.45) is 7.63. The molecule has 0 bridgehead atoms. The van der Waals surface area contributed by atoms with Crippen LogP contribution in [-0.2, 0) is 0 Å². The van der Waals surface area contributed by atoms with Crippen LogP contribution in [0, 0.1) is 5.92 Å². The lowest BCUT2D eigenvalue weighted by Gasteiger charge is -2.22. The predicted octanol–water partition coefficient (Wildman–Crippen LogP) is 5.25. The number of carbonyl (C=O) groups excluding carboxylic acids is 2.